The van der Waals surface area contributed by atoms with Crippen LogP contribution in [0.2, 0.25) is 0 Å². The van der Waals surface area contributed by atoms with E-state index in [2.05, 4.69) is 36.6 Å². The van der Waals surface area contributed by atoms with E-state index in [9.17, 15) is 0 Å². The van der Waals surface area contributed by atoms with Gasteiger partial charge in [-0.25, -0.2) is 9.97 Å². The average molecular weight is 359 g/mol. The summed E-state index contributed by atoms with van der Waals surface area (Å²) in [4.78, 5) is 17.0. The second-order valence-electron chi connectivity index (χ2n) is 6.42. The molecule has 1 N–H and O–H groups in total. The molecule has 136 valence electrons. The Balaban J connectivity index is 1.82. The molecule has 6 heteroatoms. The first-order valence-corrected chi connectivity index (χ1v) is 8.78. The summed E-state index contributed by atoms with van der Waals surface area (Å²) in [6.45, 7) is 4.62. The Morgan fingerprint density at radius 2 is 1.89 bits per heavy atom. The van der Waals surface area contributed by atoms with Crippen molar-refractivity contribution in [3.05, 3.63) is 72.1 Å². The number of aromatic nitrogens is 5. The number of aromatic amines is 1. The van der Waals surface area contributed by atoms with Gasteiger partial charge in [0.1, 0.15) is 11.4 Å². The third kappa shape index (κ3) is 3.10. The number of H-pyrrole nitrogens is 1. The van der Waals surface area contributed by atoms with Gasteiger partial charge in [-0.1, -0.05) is 30.3 Å². The first kappa shape index (κ1) is 17.0. The third-order valence-corrected chi connectivity index (χ3v) is 4.68. The van der Waals surface area contributed by atoms with E-state index in [1.54, 1.807) is 13.3 Å². The first-order chi connectivity index (χ1) is 13.2. The van der Waals surface area contributed by atoms with Gasteiger partial charge < -0.3 is 14.3 Å². The monoisotopic (exact) mass is 359 g/mol. The molecule has 0 atom stereocenters. The SMILES string of the molecule is COc1c(C)cnc(Cn2cnc(-c3ccccc3)c2-c2ncc[nH]2)c1C. The average Bonchev–Trinajstić information content (AvgIpc) is 3.35. The molecule has 0 spiro atoms. The number of ether oxygens (including phenoxy) is 1. The summed E-state index contributed by atoms with van der Waals surface area (Å²) in [6.07, 6.45) is 7.26. The van der Waals surface area contributed by atoms with E-state index < -0.39 is 0 Å². The Hall–Kier alpha value is -3.41. The minimum atomic E-state index is 0.582. The summed E-state index contributed by atoms with van der Waals surface area (Å²) >= 11 is 0. The van der Waals surface area contributed by atoms with Gasteiger partial charge in [-0.15, -0.1) is 0 Å². The van der Waals surface area contributed by atoms with E-state index in [0.29, 0.717) is 6.54 Å². The van der Waals surface area contributed by atoms with Crippen LogP contribution in [0.15, 0.2) is 55.2 Å². The first-order valence-electron chi connectivity index (χ1n) is 8.78. The van der Waals surface area contributed by atoms with Gasteiger partial charge in [0.05, 0.1) is 31.4 Å². The lowest BCUT2D eigenvalue weighted by molar-refractivity contribution is 0.406. The number of methoxy groups -OCH3 is 1. The van der Waals surface area contributed by atoms with E-state index in [1.165, 1.54) is 0 Å². The van der Waals surface area contributed by atoms with Gasteiger partial charge in [0.2, 0.25) is 0 Å². The lowest BCUT2D eigenvalue weighted by atomic mass is 10.1. The number of rotatable bonds is 5. The van der Waals surface area contributed by atoms with Crippen LogP contribution in [-0.2, 0) is 6.54 Å². The Morgan fingerprint density at radius 1 is 1.07 bits per heavy atom. The second kappa shape index (κ2) is 7.07. The number of nitrogens with one attached hydrogen (secondary N) is 1. The fourth-order valence-electron chi connectivity index (χ4n) is 3.34. The van der Waals surface area contributed by atoms with E-state index in [0.717, 1.165) is 45.3 Å². The molecule has 27 heavy (non-hydrogen) atoms. The summed E-state index contributed by atoms with van der Waals surface area (Å²) < 4.78 is 7.62. The van der Waals surface area contributed by atoms with Crippen LogP contribution in [0.3, 0.4) is 0 Å². The molecule has 0 fully saturated rings. The summed E-state index contributed by atoms with van der Waals surface area (Å²) in [5, 5.41) is 0. The predicted octanol–water partition coefficient (Wildman–Crippen LogP) is 4.01. The van der Waals surface area contributed by atoms with Crippen molar-refractivity contribution in [3.63, 3.8) is 0 Å². The quantitative estimate of drug-likeness (QED) is 0.585. The molecule has 4 rings (SSSR count). The van der Waals surface area contributed by atoms with Gasteiger partial charge in [0.25, 0.3) is 0 Å². The van der Waals surface area contributed by atoms with Crippen molar-refractivity contribution in [2.75, 3.05) is 7.11 Å². The molecular formula is C21H21N5O. The van der Waals surface area contributed by atoms with Crippen molar-refractivity contribution in [2.24, 2.45) is 0 Å². The van der Waals surface area contributed by atoms with Gasteiger partial charge in [0, 0.05) is 35.3 Å². The second-order valence-corrected chi connectivity index (χ2v) is 6.42. The fourth-order valence-corrected chi connectivity index (χ4v) is 3.34. The maximum Gasteiger partial charge on any atom is 0.156 e. The van der Waals surface area contributed by atoms with Gasteiger partial charge in [-0.05, 0) is 13.8 Å². The maximum atomic E-state index is 5.55. The highest BCUT2D eigenvalue weighted by atomic mass is 16.5. The summed E-state index contributed by atoms with van der Waals surface area (Å²) in [7, 11) is 1.69. The smallest absolute Gasteiger partial charge is 0.156 e. The topological polar surface area (TPSA) is 68.6 Å². The molecule has 0 bridgehead atoms. The highest BCUT2D eigenvalue weighted by molar-refractivity contribution is 5.75. The van der Waals surface area contributed by atoms with Gasteiger partial charge in [-0.2, -0.15) is 0 Å². The van der Waals surface area contributed by atoms with Crippen LogP contribution < -0.4 is 4.74 Å². The zero-order chi connectivity index (χ0) is 18.8. The number of benzene rings is 1. The van der Waals surface area contributed by atoms with Gasteiger partial charge in [-0.3, -0.25) is 4.98 Å². The third-order valence-electron chi connectivity index (χ3n) is 4.68. The molecule has 0 aliphatic rings. The number of hydrogen-bond donors (Lipinski definition) is 1. The Labute approximate surface area is 157 Å². The van der Waals surface area contributed by atoms with Crippen LogP contribution >= 0.6 is 0 Å². The molecule has 3 aromatic heterocycles. The predicted molar refractivity (Wildman–Crippen MR) is 105 cm³/mol. The largest absolute Gasteiger partial charge is 0.496 e. The summed E-state index contributed by atoms with van der Waals surface area (Å²) in [6, 6.07) is 10.1. The van der Waals surface area contributed by atoms with E-state index >= 15 is 0 Å². The van der Waals surface area contributed by atoms with Crippen molar-refractivity contribution in [1.82, 2.24) is 24.5 Å². The normalized spacial score (nSPS) is 10.9. The zero-order valence-corrected chi connectivity index (χ0v) is 15.6. The van der Waals surface area contributed by atoms with Crippen LogP contribution in [0, 0.1) is 13.8 Å². The van der Waals surface area contributed by atoms with Crippen LogP contribution in [0.4, 0.5) is 0 Å². The molecule has 3 heterocycles. The highest BCUT2D eigenvalue weighted by Gasteiger charge is 2.18. The molecule has 0 radical (unpaired) electrons. The standard InChI is InChI=1S/C21H21N5O/c1-14-11-24-17(15(2)20(14)27-3)12-26-13-25-18(16-7-5-4-6-8-16)19(26)21-22-9-10-23-21/h4-11,13H,12H2,1-3H3,(H,22,23). The number of pyridine rings is 1. The molecule has 6 nitrogen and oxygen atoms in total. The van der Waals surface area contributed by atoms with Crippen molar-refractivity contribution in [3.8, 4) is 28.5 Å². The molecular weight excluding hydrogens is 338 g/mol. The lowest BCUT2D eigenvalue weighted by Gasteiger charge is -2.14. The minimum absolute atomic E-state index is 0.582. The lowest BCUT2D eigenvalue weighted by Crippen LogP contribution is -2.07. The highest BCUT2D eigenvalue weighted by Crippen LogP contribution is 2.31. The molecule has 1 aromatic carbocycles. The minimum Gasteiger partial charge on any atom is -0.496 e. The number of aryl methyl sites for hydroxylation is 1. The van der Waals surface area contributed by atoms with Crippen LogP contribution in [-0.4, -0.2) is 31.6 Å². The van der Waals surface area contributed by atoms with E-state index in [-0.39, 0.29) is 0 Å². The van der Waals surface area contributed by atoms with E-state index in [1.807, 2.05) is 50.8 Å². The van der Waals surface area contributed by atoms with Crippen molar-refractivity contribution >= 4 is 0 Å². The van der Waals surface area contributed by atoms with Crippen LogP contribution in [0.25, 0.3) is 22.8 Å². The zero-order valence-electron chi connectivity index (χ0n) is 15.6. The number of imidazole rings is 2. The molecule has 0 amide bonds. The molecule has 0 saturated heterocycles. The molecule has 0 aliphatic heterocycles. The number of nitrogens with zero attached hydrogens (tertiary/aromatic N) is 4. The van der Waals surface area contributed by atoms with Crippen LogP contribution in [0.5, 0.6) is 5.75 Å². The molecule has 0 aliphatic carbocycles. The molecule has 4 aromatic rings. The Kier molecular flexibility index (Phi) is 4.46. The van der Waals surface area contributed by atoms with Crippen LogP contribution in [0.1, 0.15) is 16.8 Å². The molecule has 0 saturated carbocycles. The van der Waals surface area contributed by atoms with Crippen molar-refractivity contribution < 1.29 is 4.74 Å². The van der Waals surface area contributed by atoms with E-state index in [4.69, 9.17) is 4.74 Å². The fraction of sp³-hybridized carbons (Fsp3) is 0.190. The Morgan fingerprint density at radius 3 is 2.59 bits per heavy atom. The van der Waals surface area contributed by atoms with Gasteiger partial charge >= 0.3 is 0 Å². The summed E-state index contributed by atoms with van der Waals surface area (Å²) in [5.41, 5.74) is 5.89. The summed E-state index contributed by atoms with van der Waals surface area (Å²) in [5.74, 6) is 1.66. The van der Waals surface area contributed by atoms with Gasteiger partial charge in [0.15, 0.2) is 5.82 Å². The Bertz CT molecular complexity index is 1050. The maximum absolute atomic E-state index is 5.55. The molecule has 0 unspecified atom stereocenters. The van der Waals surface area contributed by atoms with Crippen molar-refractivity contribution in [1.29, 1.82) is 0 Å². The van der Waals surface area contributed by atoms with Crippen molar-refractivity contribution in [2.45, 2.75) is 20.4 Å². The number of hydrogen-bond acceptors (Lipinski definition) is 4.